The molecule has 140 valence electrons. The number of hydrogen-bond donors (Lipinski definition) is 1. The van der Waals surface area contributed by atoms with Crippen molar-refractivity contribution >= 4 is 16.0 Å². The van der Waals surface area contributed by atoms with Crippen LogP contribution in [0.4, 0.5) is 13.2 Å². The summed E-state index contributed by atoms with van der Waals surface area (Å²) in [6.45, 7) is 3.29. The van der Waals surface area contributed by atoms with Gasteiger partial charge in [-0.3, -0.25) is 4.79 Å². The smallest absolute Gasteiger partial charge is 0.416 e. The third-order valence-corrected chi connectivity index (χ3v) is 6.67. The highest BCUT2D eigenvalue weighted by atomic mass is 32.2. The van der Waals surface area contributed by atoms with Crippen LogP contribution >= 0.6 is 0 Å². The van der Waals surface area contributed by atoms with E-state index in [1.54, 1.807) is 13.8 Å². The van der Waals surface area contributed by atoms with Crippen LogP contribution in [-0.4, -0.2) is 35.9 Å². The van der Waals surface area contributed by atoms with Crippen LogP contribution in [0.25, 0.3) is 0 Å². The molecule has 1 unspecified atom stereocenters. The predicted octanol–water partition coefficient (Wildman–Crippen LogP) is 3.36. The molecule has 5 nitrogen and oxygen atoms in total. The lowest BCUT2D eigenvalue weighted by Crippen LogP contribution is -2.62. The summed E-state index contributed by atoms with van der Waals surface area (Å²) >= 11 is 0. The molecule has 1 fully saturated rings. The molecule has 1 aliphatic rings. The minimum Gasteiger partial charge on any atom is -0.480 e. The summed E-state index contributed by atoms with van der Waals surface area (Å²) in [4.78, 5) is 11.6. The van der Waals surface area contributed by atoms with E-state index in [1.165, 1.54) is 0 Å². The van der Waals surface area contributed by atoms with E-state index in [0.717, 1.165) is 16.4 Å². The van der Waals surface area contributed by atoms with Gasteiger partial charge in [0.15, 0.2) is 0 Å². The summed E-state index contributed by atoms with van der Waals surface area (Å²) in [5.74, 6) is -1.73. The molecule has 0 aliphatic carbocycles. The third-order valence-electron chi connectivity index (χ3n) is 4.71. The maximum absolute atomic E-state index is 13.0. The van der Waals surface area contributed by atoms with Crippen LogP contribution in [0.1, 0.15) is 38.7 Å². The lowest BCUT2D eigenvalue weighted by molar-refractivity contribution is -0.153. The van der Waals surface area contributed by atoms with Gasteiger partial charge in [0.25, 0.3) is 0 Å². The Hall–Kier alpha value is -1.61. The van der Waals surface area contributed by atoms with E-state index in [-0.39, 0.29) is 17.9 Å². The van der Waals surface area contributed by atoms with Crippen molar-refractivity contribution in [3.05, 3.63) is 29.8 Å². The molecule has 0 aromatic heterocycles. The quantitative estimate of drug-likeness (QED) is 0.871. The number of halogens is 3. The summed E-state index contributed by atoms with van der Waals surface area (Å²) in [5, 5.41) is 9.74. The lowest BCUT2D eigenvalue weighted by Gasteiger charge is -2.45. The number of carboxylic acids is 1. The van der Waals surface area contributed by atoms with Crippen LogP contribution in [0.5, 0.6) is 0 Å². The maximum atomic E-state index is 13.0. The van der Waals surface area contributed by atoms with E-state index in [0.29, 0.717) is 25.0 Å². The molecule has 0 radical (unpaired) electrons. The number of sulfonamides is 1. The van der Waals surface area contributed by atoms with Gasteiger partial charge in [0.05, 0.1) is 10.5 Å². The molecule has 1 heterocycles. The van der Waals surface area contributed by atoms with Crippen molar-refractivity contribution in [3.63, 3.8) is 0 Å². The van der Waals surface area contributed by atoms with Gasteiger partial charge in [-0.25, -0.2) is 8.42 Å². The van der Waals surface area contributed by atoms with Gasteiger partial charge in [-0.15, -0.1) is 0 Å². The van der Waals surface area contributed by atoms with Crippen LogP contribution in [0.3, 0.4) is 0 Å². The van der Waals surface area contributed by atoms with E-state index < -0.39 is 39.2 Å². The van der Waals surface area contributed by atoms with E-state index in [4.69, 9.17) is 0 Å². The zero-order chi connectivity index (χ0) is 19.0. The first kappa shape index (κ1) is 19.7. The number of nitrogens with zero attached hydrogens (tertiary/aromatic N) is 1. The standard InChI is InChI=1S/C16H20F3NO4S/c1-11(2)15(14(21)22)9-3-4-10-20(15)25(23,24)13-7-5-12(6-8-13)16(17,18)19/h5-8,11H,3-4,9-10H2,1-2H3,(H,21,22). The molecular formula is C16H20F3NO4S. The van der Waals surface area contributed by atoms with Crippen LogP contribution < -0.4 is 0 Å². The Morgan fingerprint density at radius 3 is 2.20 bits per heavy atom. The van der Waals surface area contributed by atoms with Gasteiger partial charge >= 0.3 is 12.1 Å². The first-order valence-electron chi connectivity index (χ1n) is 7.87. The number of aliphatic carboxylic acids is 1. The molecule has 1 saturated heterocycles. The number of rotatable bonds is 4. The van der Waals surface area contributed by atoms with Crippen molar-refractivity contribution in [2.24, 2.45) is 5.92 Å². The summed E-state index contributed by atoms with van der Waals surface area (Å²) in [6.07, 6.45) is -3.33. The monoisotopic (exact) mass is 379 g/mol. The average molecular weight is 379 g/mol. The normalized spacial score (nSPS) is 23.0. The van der Waals surface area contributed by atoms with Gasteiger partial charge in [-0.2, -0.15) is 17.5 Å². The molecule has 9 heteroatoms. The van der Waals surface area contributed by atoms with Gasteiger partial charge in [-0.1, -0.05) is 13.8 Å². The SMILES string of the molecule is CC(C)C1(C(=O)O)CCCCN1S(=O)(=O)c1ccc(C(F)(F)F)cc1. The summed E-state index contributed by atoms with van der Waals surface area (Å²) in [6, 6.07) is 3.13. The molecule has 1 atom stereocenters. The van der Waals surface area contributed by atoms with Crippen molar-refractivity contribution in [1.82, 2.24) is 4.31 Å². The van der Waals surface area contributed by atoms with E-state index in [9.17, 15) is 31.5 Å². The van der Waals surface area contributed by atoms with E-state index >= 15 is 0 Å². The maximum Gasteiger partial charge on any atom is 0.416 e. The average Bonchev–Trinajstić information content (AvgIpc) is 2.53. The number of carbonyl (C=O) groups is 1. The highest BCUT2D eigenvalue weighted by molar-refractivity contribution is 7.89. The molecule has 1 aromatic rings. The Morgan fingerprint density at radius 1 is 1.20 bits per heavy atom. The first-order valence-corrected chi connectivity index (χ1v) is 9.31. The molecule has 0 saturated carbocycles. The molecular weight excluding hydrogens is 359 g/mol. The van der Waals surface area contributed by atoms with Crippen molar-refractivity contribution in [2.75, 3.05) is 6.54 Å². The van der Waals surface area contributed by atoms with Crippen LogP contribution in [0.2, 0.25) is 0 Å². The molecule has 1 aliphatic heterocycles. The summed E-state index contributed by atoms with van der Waals surface area (Å²) < 4.78 is 64.9. The largest absolute Gasteiger partial charge is 0.480 e. The molecule has 1 N–H and O–H groups in total. The highest BCUT2D eigenvalue weighted by Gasteiger charge is 2.53. The van der Waals surface area contributed by atoms with Gasteiger partial charge in [0.1, 0.15) is 5.54 Å². The lowest BCUT2D eigenvalue weighted by atomic mass is 9.79. The molecule has 1 aromatic carbocycles. The number of alkyl halides is 3. The van der Waals surface area contributed by atoms with Gasteiger partial charge in [0, 0.05) is 6.54 Å². The second kappa shape index (κ2) is 6.60. The number of piperidine rings is 1. The Labute approximate surface area is 144 Å². The van der Waals surface area contributed by atoms with Gasteiger partial charge in [0.2, 0.25) is 10.0 Å². The Morgan fingerprint density at radius 2 is 1.76 bits per heavy atom. The van der Waals surface area contributed by atoms with Crippen molar-refractivity contribution in [1.29, 1.82) is 0 Å². The second-order valence-electron chi connectivity index (χ2n) is 6.44. The molecule has 25 heavy (non-hydrogen) atoms. The summed E-state index contributed by atoms with van der Waals surface area (Å²) in [7, 11) is -4.24. The zero-order valence-corrected chi connectivity index (χ0v) is 14.7. The van der Waals surface area contributed by atoms with Crippen LogP contribution in [0.15, 0.2) is 29.2 Å². The Kier molecular flexibility index (Phi) is 5.21. The number of carboxylic acid groups (broad SMARTS) is 1. The Balaban J connectivity index is 2.51. The topological polar surface area (TPSA) is 74.7 Å². The minimum absolute atomic E-state index is 0.0217. The van der Waals surface area contributed by atoms with Crippen LogP contribution in [0, 0.1) is 5.92 Å². The second-order valence-corrected chi connectivity index (χ2v) is 8.30. The highest BCUT2D eigenvalue weighted by Crippen LogP contribution is 2.39. The van der Waals surface area contributed by atoms with Crippen molar-refractivity contribution < 1.29 is 31.5 Å². The van der Waals surface area contributed by atoms with Crippen LogP contribution in [-0.2, 0) is 21.0 Å². The third kappa shape index (κ3) is 3.39. The van der Waals surface area contributed by atoms with E-state index in [1.807, 2.05) is 0 Å². The number of hydrogen-bond acceptors (Lipinski definition) is 3. The first-order chi connectivity index (χ1) is 11.4. The van der Waals surface area contributed by atoms with Crippen molar-refractivity contribution in [3.8, 4) is 0 Å². The molecule has 0 bridgehead atoms. The molecule has 0 amide bonds. The fraction of sp³-hybridized carbons (Fsp3) is 0.562. The number of benzene rings is 1. The molecule has 0 spiro atoms. The predicted molar refractivity (Wildman–Crippen MR) is 84.4 cm³/mol. The Bertz CT molecular complexity index is 744. The minimum atomic E-state index is -4.57. The fourth-order valence-electron chi connectivity index (χ4n) is 3.29. The zero-order valence-electron chi connectivity index (χ0n) is 13.9. The van der Waals surface area contributed by atoms with Gasteiger partial charge in [-0.05, 0) is 49.4 Å². The fourth-order valence-corrected chi connectivity index (χ4v) is 5.20. The van der Waals surface area contributed by atoms with Crippen molar-refractivity contribution in [2.45, 2.75) is 49.7 Å². The summed E-state index contributed by atoms with van der Waals surface area (Å²) in [5.41, 5.74) is -2.56. The van der Waals surface area contributed by atoms with Gasteiger partial charge < -0.3 is 5.11 Å². The molecule has 2 rings (SSSR count). The van der Waals surface area contributed by atoms with E-state index in [2.05, 4.69) is 0 Å².